The van der Waals surface area contributed by atoms with Crippen molar-refractivity contribution in [2.45, 2.75) is 39.7 Å². The predicted octanol–water partition coefficient (Wildman–Crippen LogP) is 3.43. The molecule has 1 aromatic carbocycles. The van der Waals surface area contributed by atoms with Gasteiger partial charge in [0, 0.05) is 19.1 Å². The molecule has 1 saturated heterocycles. The molecule has 1 fully saturated rings. The number of anilines is 1. The van der Waals surface area contributed by atoms with Crippen LogP contribution in [0.5, 0.6) is 0 Å². The van der Waals surface area contributed by atoms with Crippen molar-refractivity contribution in [3.63, 3.8) is 0 Å². The molecule has 0 amide bonds. The molecule has 0 bridgehead atoms. The van der Waals surface area contributed by atoms with Crippen molar-refractivity contribution < 1.29 is 4.39 Å². The second kappa shape index (κ2) is 5.91. The molecule has 19 heavy (non-hydrogen) atoms. The Morgan fingerprint density at radius 1 is 1.37 bits per heavy atom. The lowest BCUT2D eigenvalue weighted by molar-refractivity contribution is 0.182. The van der Waals surface area contributed by atoms with E-state index >= 15 is 0 Å². The third kappa shape index (κ3) is 3.27. The summed E-state index contributed by atoms with van der Waals surface area (Å²) in [6.07, 6.45) is 2.47. The van der Waals surface area contributed by atoms with Gasteiger partial charge in [-0.1, -0.05) is 26.0 Å². The molecule has 2 nitrogen and oxygen atoms in total. The van der Waals surface area contributed by atoms with Crippen molar-refractivity contribution in [3.8, 4) is 0 Å². The summed E-state index contributed by atoms with van der Waals surface area (Å²) in [4.78, 5) is 2.14. The lowest BCUT2D eigenvalue weighted by Gasteiger charge is -2.42. The van der Waals surface area contributed by atoms with Gasteiger partial charge in [-0.3, -0.25) is 0 Å². The molecule has 2 rings (SSSR count). The SMILES string of the molecule is CCN(CC1NCCCC1(C)C)c1ccccc1F. The van der Waals surface area contributed by atoms with Gasteiger partial charge in [0.25, 0.3) is 0 Å². The number of piperidine rings is 1. The van der Waals surface area contributed by atoms with E-state index in [0.29, 0.717) is 11.7 Å². The van der Waals surface area contributed by atoms with Crippen LogP contribution in [-0.2, 0) is 0 Å². The number of rotatable bonds is 4. The van der Waals surface area contributed by atoms with Crippen LogP contribution in [0.1, 0.15) is 33.6 Å². The van der Waals surface area contributed by atoms with Crippen LogP contribution >= 0.6 is 0 Å². The number of para-hydroxylation sites is 1. The topological polar surface area (TPSA) is 15.3 Å². The number of hydrogen-bond acceptors (Lipinski definition) is 2. The van der Waals surface area contributed by atoms with Crippen LogP contribution in [0.15, 0.2) is 24.3 Å². The molecule has 1 N–H and O–H groups in total. The van der Waals surface area contributed by atoms with E-state index in [1.54, 1.807) is 6.07 Å². The van der Waals surface area contributed by atoms with Gasteiger partial charge >= 0.3 is 0 Å². The van der Waals surface area contributed by atoms with E-state index in [4.69, 9.17) is 0 Å². The van der Waals surface area contributed by atoms with Crippen molar-refractivity contribution in [1.29, 1.82) is 0 Å². The fraction of sp³-hybridized carbons (Fsp3) is 0.625. The summed E-state index contributed by atoms with van der Waals surface area (Å²) in [5, 5.41) is 3.60. The Morgan fingerprint density at radius 3 is 2.74 bits per heavy atom. The first kappa shape index (κ1) is 14.3. The minimum atomic E-state index is -0.127. The van der Waals surface area contributed by atoms with E-state index in [1.165, 1.54) is 18.9 Å². The van der Waals surface area contributed by atoms with Crippen LogP contribution in [0, 0.1) is 11.2 Å². The highest BCUT2D eigenvalue weighted by atomic mass is 19.1. The summed E-state index contributed by atoms with van der Waals surface area (Å²) >= 11 is 0. The summed E-state index contributed by atoms with van der Waals surface area (Å²) in [6, 6.07) is 7.48. The van der Waals surface area contributed by atoms with Gasteiger partial charge in [-0.05, 0) is 43.9 Å². The van der Waals surface area contributed by atoms with E-state index in [2.05, 4.69) is 31.0 Å². The highest BCUT2D eigenvalue weighted by Crippen LogP contribution is 2.31. The first-order chi connectivity index (χ1) is 9.04. The van der Waals surface area contributed by atoms with Gasteiger partial charge in [-0.25, -0.2) is 4.39 Å². The minimum Gasteiger partial charge on any atom is -0.368 e. The Labute approximate surface area is 116 Å². The van der Waals surface area contributed by atoms with Gasteiger partial charge in [-0.2, -0.15) is 0 Å². The molecule has 0 saturated carbocycles. The lowest BCUT2D eigenvalue weighted by Crippen LogP contribution is -2.53. The van der Waals surface area contributed by atoms with Crippen molar-refractivity contribution >= 4 is 5.69 Å². The second-order valence-electron chi connectivity index (χ2n) is 6.09. The summed E-state index contributed by atoms with van der Waals surface area (Å²) in [7, 11) is 0. The summed E-state index contributed by atoms with van der Waals surface area (Å²) in [6.45, 7) is 9.46. The van der Waals surface area contributed by atoms with Crippen LogP contribution < -0.4 is 10.2 Å². The van der Waals surface area contributed by atoms with E-state index in [-0.39, 0.29) is 11.2 Å². The average Bonchev–Trinajstić information content (AvgIpc) is 2.38. The molecule has 106 valence electrons. The van der Waals surface area contributed by atoms with Gasteiger partial charge in [0.15, 0.2) is 0 Å². The fourth-order valence-corrected chi connectivity index (χ4v) is 2.91. The van der Waals surface area contributed by atoms with Crippen molar-refractivity contribution in [1.82, 2.24) is 5.32 Å². The van der Waals surface area contributed by atoms with E-state index in [0.717, 1.165) is 19.6 Å². The first-order valence-electron chi connectivity index (χ1n) is 7.27. The van der Waals surface area contributed by atoms with Gasteiger partial charge in [0.1, 0.15) is 5.82 Å². The molecule has 1 aliphatic heterocycles. The molecule has 1 aliphatic rings. The summed E-state index contributed by atoms with van der Waals surface area (Å²) in [5.74, 6) is -0.127. The quantitative estimate of drug-likeness (QED) is 0.896. The zero-order valence-corrected chi connectivity index (χ0v) is 12.2. The molecule has 0 aromatic heterocycles. The maximum atomic E-state index is 13.9. The monoisotopic (exact) mass is 264 g/mol. The normalized spacial score (nSPS) is 22.2. The number of nitrogens with one attached hydrogen (secondary N) is 1. The molecular weight excluding hydrogens is 239 g/mol. The molecule has 1 aromatic rings. The lowest BCUT2D eigenvalue weighted by atomic mass is 9.77. The molecule has 1 atom stereocenters. The van der Waals surface area contributed by atoms with Crippen LogP contribution in [0.25, 0.3) is 0 Å². The van der Waals surface area contributed by atoms with E-state index in [9.17, 15) is 4.39 Å². The Balaban J connectivity index is 2.13. The van der Waals surface area contributed by atoms with Crippen molar-refractivity contribution in [2.24, 2.45) is 5.41 Å². The molecule has 0 radical (unpaired) electrons. The Kier molecular flexibility index (Phi) is 4.46. The smallest absolute Gasteiger partial charge is 0.146 e. The number of hydrogen-bond donors (Lipinski definition) is 1. The average molecular weight is 264 g/mol. The number of likely N-dealkylation sites (N-methyl/N-ethyl adjacent to an activating group) is 1. The van der Waals surface area contributed by atoms with Crippen molar-refractivity contribution in [2.75, 3.05) is 24.5 Å². The first-order valence-corrected chi connectivity index (χ1v) is 7.27. The van der Waals surface area contributed by atoms with E-state index in [1.807, 2.05) is 12.1 Å². The minimum absolute atomic E-state index is 0.127. The zero-order chi connectivity index (χ0) is 13.9. The van der Waals surface area contributed by atoms with Crippen LogP contribution in [0.2, 0.25) is 0 Å². The van der Waals surface area contributed by atoms with Gasteiger partial charge < -0.3 is 10.2 Å². The second-order valence-corrected chi connectivity index (χ2v) is 6.09. The third-order valence-corrected chi connectivity index (χ3v) is 4.31. The van der Waals surface area contributed by atoms with Crippen LogP contribution in [0.3, 0.4) is 0 Å². The Morgan fingerprint density at radius 2 is 2.11 bits per heavy atom. The van der Waals surface area contributed by atoms with Crippen LogP contribution in [0.4, 0.5) is 10.1 Å². The largest absolute Gasteiger partial charge is 0.368 e. The summed E-state index contributed by atoms with van der Waals surface area (Å²) in [5.41, 5.74) is 0.991. The number of benzene rings is 1. The molecule has 1 unspecified atom stereocenters. The molecule has 0 spiro atoms. The maximum absolute atomic E-state index is 13.9. The highest BCUT2D eigenvalue weighted by Gasteiger charge is 2.33. The number of halogens is 1. The standard InChI is InChI=1S/C16H25FN2/c1-4-19(14-9-6-5-8-13(14)17)12-15-16(2,3)10-7-11-18-15/h5-6,8-9,15,18H,4,7,10-12H2,1-3H3. The maximum Gasteiger partial charge on any atom is 0.146 e. The van der Waals surface area contributed by atoms with Gasteiger partial charge in [0.05, 0.1) is 5.69 Å². The molecule has 1 heterocycles. The van der Waals surface area contributed by atoms with Gasteiger partial charge in [-0.15, -0.1) is 0 Å². The molecule has 3 heteroatoms. The highest BCUT2D eigenvalue weighted by molar-refractivity contribution is 5.47. The number of nitrogens with zero attached hydrogens (tertiary/aromatic N) is 1. The predicted molar refractivity (Wildman–Crippen MR) is 79.1 cm³/mol. The van der Waals surface area contributed by atoms with Crippen molar-refractivity contribution in [3.05, 3.63) is 30.1 Å². The Hall–Kier alpha value is -1.09. The Bertz CT molecular complexity index is 417. The fourth-order valence-electron chi connectivity index (χ4n) is 2.91. The molecule has 0 aliphatic carbocycles. The molecular formula is C16H25FN2. The van der Waals surface area contributed by atoms with Gasteiger partial charge in [0.2, 0.25) is 0 Å². The zero-order valence-electron chi connectivity index (χ0n) is 12.2. The summed E-state index contributed by atoms with van der Waals surface area (Å²) < 4.78 is 13.9. The van der Waals surface area contributed by atoms with Crippen LogP contribution in [-0.4, -0.2) is 25.7 Å². The van der Waals surface area contributed by atoms with E-state index < -0.39 is 0 Å². The third-order valence-electron chi connectivity index (χ3n) is 4.31.